The Morgan fingerprint density at radius 2 is 1.53 bits per heavy atom. The molecule has 0 aromatic heterocycles. The summed E-state index contributed by atoms with van der Waals surface area (Å²) in [6.45, 7) is 6.73. The highest BCUT2D eigenvalue weighted by Crippen LogP contribution is 2.12. The molecule has 0 saturated heterocycles. The van der Waals surface area contributed by atoms with E-state index < -0.39 is 0 Å². The van der Waals surface area contributed by atoms with Gasteiger partial charge in [0.1, 0.15) is 0 Å². The topological polar surface area (TPSA) is 26.0 Å². The van der Waals surface area contributed by atoms with Gasteiger partial charge >= 0.3 is 0 Å². The molecule has 2 N–H and O–H groups in total. The Balaban J connectivity index is 2.44. The average Bonchev–Trinajstić information content (AvgIpc) is 2.28. The highest BCUT2D eigenvalue weighted by Gasteiger charge is 2.04. The van der Waals surface area contributed by atoms with Gasteiger partial charge in [-0.2, -0.15) is 0 Å². The zero-order valence-electron chi connectivity index (χ0n) is 11.6. The van der Waals surface area contributed by atoms with E-state index in [4.69, 9.17) is 5.73 Å². The van der Waals surface area contributed by atoms with E-state index in [0.29, 0.717) is 6.04 Å². The van der Waals surface area contributed by atoms with Crippen molar-refractivity contribution in [2.24, 2.45) is 11.7 Å². The van der Waals surface area contributed by atoms with Crippen molar-refractivity contribution < 1.29 is 0 Å². The molecule has 0 aliphatic carbocycles. The van der Waals surface area contributed by atoms with Gasteiger partial charge in [0.25, 0.3) is 0 Å². The molecule has 96 valence electrons. The van der Waals surface area contributed by atoms with Crippen molar-refractivity contribution in [1.82, 2.24) is 0 Å². The van der Waals surface area contributed by atoms with Crippen molar-refractivity contribution in [3.05, 3.63) is 35.4 Å². The summed E-state index contributed by atoms with van der Waals surface area (Å²) in [6, 6.07) is 9.31. The quantitative estimate of drug-likeness (QED) is 0.758. The summed E-state index contributed by atoms with van der Waals surface area (Å²) in [4.78, 5) is 0. The van der Waals surface area contributed by atoms with Crippen LogP contribution in [0.3, 0.4) is 0 Å². The predicted molar refractivity (Wildman–Crippen MR) is 76.2 cm³/mol. The lowest BCUT2D eigenvalue weighted by Gasteiger charge is -2.12. The van der Waals surface area contributed by atoms with Crippen LogP contribution in [0, 0.1) is 5.92 Å². The van der Waals surface area contributed by atoms with E-state index >= 15 is 0 Å². The van der Waals surface area contributed by atoms with Crippen LogP contribution in [0.1, 0.15) is 51.2 Å². The maximum absolute atomic E-state index is 6.11. The maximum atomic E-state index is 6.11. The average molecular weight is 233 g/mol. The molecule has 0 bridgehead atoms. The Bertz CT molecular complexity index is 300. The van der Waals surface area contributed by atoms with Crippen LogP contribution in [0.25, 0.3) is 0 Å². The fourth-order valence-corrected chi connectivity index (χ4v) is 2.15. The van der Waals surface area contributed by atoms with Gasteiger partial charge < -0.3 is 5.73 Å². The molecule has 17 heavy (non-hydrogen) atoms. The minimum absolute atomic E-state index is 0.325. The fourth-order valence-electron chi connectivity index (χ4n) is 2.15. The number of nitrogens with two attached hydrogens (primary N) is 1. The van der Waals surface area contributed by atoms with E-state index in [-0.39, 0.29) is 0 Å². The summed E-state index contributed by atoms with van der Waals surface area (Å²) in [5.74, 6) is 0.729. The van der Waals surface area contributed by atoms with Gasteiger partial charge in [0.05, 0.1) is 0 Å². The standard InChI is InChI=1S/C16H27N/c1-4-5-6-16(17)12-15-9-7-14(8-10-15)11-13(2)3/h7-10,13,16H,4-6,11-12,17H2,1-3H3. The number of hydrogen-bond donors (Lipinski definition) is 1. The van der Waals surface area contributed by atoms with Crippen LogP contribution < -0.4 is 5.73 Å². The lowest BCUT2D eigenvalue weighted by Crippen LogP contribution is -2.22. The van der Waals surface area contributed by atoms with Gasteiger partial charge in [-0.25, -0.2) is 0 Å². The number of rotatable bonds is 7. The summed E-state index contributed by atoms with van der Waals surface area (Å²) in [5, 5.41) is 0. The Kier molecular flexibility index (Phi) is 6.28. The molecular formula is C16H27N. The Hall–Kier alpha value is -0.820. The van der Waals surface area contributed by atoms with Gasteiger partial charge in [-0.15, -0.1) is 0 Å². The zero-order chi connectivity index (χ0) is 12.7. The second-order valence-corrected chi connectivity index (χ2v) is 5.52. The third-order valence-corrected chi connectivity index (χ3v) is 3.09. The molecule has 0 heterocycles. The highest BCUT2D eigenvalue weighted by molar-refractivity contribution is 5.23. The van der Waals surface area contributed by atoms with E-state index in [1.807, 2.05) is 0 Å². The zero-order valence-corrected chi connectivity index (χ0v) is 11.6. The van der Waals surface area contributed by atoms with Crippen LogP contribution in [-0.2, 0) is 12.8 Å². The molecule has 1 rings (SSSR count). The monoisotopic (exact) mass is 233 g/mol. The summed E-state index contributed by atoms with van der Waals surface area (Å²) < 4.78 is 0. The molecule has 0 spiro atoms. The molecule has 0 saturated carbocycles. The Morgan fingerprint density at radius 3 is 2.00 bits per heavy atom. The molecule has 0 aliphatic heterocycles. The van der Waals surface area contributed by atoms with Gasteiger partial charge in [0.2, 0.25) is 0 Å². The van der Waals surface area contributed by atoms with E-state index in [0.717, 1.165) is 18.8 Å². The second kappa shape index (κ2) is 7.50. The molecule has 0 aliphatic rings. The summed E-state index contributed by atoms with van der Waals surface area (Å²) in [5.41, 5.74) is 8.92. The van der Waals surface area contributed by atoms with Crippen LogP contribution in [0.2, 0.25) is 0 Å². The molecule has 1 aromatic rings. The van der Waals surface area contributed by atoms with Gasteiger partial charge in [0.15, 0.2) is 0 Å². The normalized spacial score (nSPS) is 13.0. The minimum Gasteiger partial charge on any atom is -0.327 e. The van der Waals surface area contributed by atoms with Gasteiger partial charge in [-0.1, -0.05) is 57.9 Å². The van der Waals surface area contributed by atoms with Crippen molar-refractivity contribution >= 4 is 0 Å². The van der Waals surface area contributed by atoms with Gasteiger partial charge in [0, 0.05) is 6.04 Å². The van der Waals surface area contributed by atoms with Crippen LogP contribution in [0.4, 0.5) is 0 Å². The first-order valence-corrected chi connectivity index (χ1v) is 6.95. The second-order valence-electron chi connectivity index (χ2n) is 5.52. The first-order valence-electron chi connectivity index (χ1n) is 6.95. The van der Waals surface area contributed by atoms with E-state index in [2.05, 4.69) is 45.0 Å². The number of unbranched alkanes of at least 4 members (excludes halogenated alkanes) is 1. The van der Waals surface area contributed by atoms with E-state index in [1.54, 1.807) is 0 Å². The van der Waals surface area contributed by atoms with Crippen molar-refractivity contribution in [2.75, 3.05) is 0 Å². The SMILES string of the molecule is CCCCC(N)Cc1ccc(CC(C)C)cc1. The van der Waals surface area contributed by atoms with E-state index in [1.165, 1.54) is 30.4 Å². The molecule has 0 amide bonds. The fraction of sp³-hybridized carbons (Fsp3) is 0.625. The molecule has 1 atom stereocenters. The molecule has 1 aromatic carbocycles. The highest BCUT2D eigenvalue weighted by atomic mass is 14.6. The predicted octanol–water partition coefficient (Wildman–Crippen LogP) is 3.95. The Morgan fingerprint density at radius 1 is 1.00 bits per heavy atom. The first-order chi connectivity index (χ1) is 8.11. The summed E-state index contributed by atoms with van der Waals surface area (Å²) in [7, 11) is 0. The number of hydrogen-bond acceptors (Lipinski definition) is 1. The molecule has 1 heteroatoms. The molecule has 1 nitrogen and oxygen atoms in total. The smallest absolute Gasteiger partial charge is 0.00793 e. The lowest BCUT2D eigenvalue weighted by molar-refractivity contribution is 0.573. The minimum atomic E-state index is 0.325. The van der Waals surface area contributed by atoms with Crippen LogP contribution in [0.15, 0.2) is 24.3 Å². The molecule has 0 fully saturated rings. The van der Waals surface area contributed by atoms with Crippen LogP contribution in [-0.4, -0.2) is 6.04 Å². The van der Waals surface area contributed by atoms with Crippen LogP contribution >= 0.6 is 0 Å². The van der Waals surface area contributed by atoms with Gasteiger partial charge in [-0.3, -0.25) is 0 Å². The van der Waals surface area contributed by atoms with Gasteiger partial charge in [-0.05, 0) is 36.3 Å². The lowest BCUT2D eigenvalue weighted by atomic mass is 9.98. The summed E-state index contributed by atoms with van der Waals surface area (Å²) >= 11 is 0. The third kappa shape index (κ3) is 5.88. The van der Waals surface area contributed by atoms with Crippen molar-refractivity contribution in [2.45, 2.75) is 58.9 Å². The van der Waals surface area contributed by atoms with Crippen molar-refractivity contribution in [3.8, 4) is 0 Å². The summed E-state index contributed by atoms with van der Waals surface area (Å²) in [6.07, 6.45) is 5.81. The van der Waals surface area contributed by atoms with Crippen molar-refractivity contribution in [3.63, 3.8) is 0 Å². The Labute approximate surface area is 106 Å². The molecule has 0 radical (unpaired) electrons. The maximum Gasteiger partial charge on any atom is 0.00793 e. The van der Waals surface area contributed by atoms with E-state index in [9.17, 15) is 0 Å². The number of benzene rings is 1. The molecule has 1 unspecified atom stereocenters. The largest absolute Gasteiger partial charge is 0.327 e. The molecular weight excluding hydrogens is 206 g/mol. The van der Waals surface area contributed by atoms with Crippen LogP contribution in [0.5, 0.6) is 0 Å². The first kappa shape index (κ1) is 14.2. The van der Waals surface area contributed by atoms with Crippen molar-refractivity contribution in [1.29, 1.82) is 0 Å². The third-order valence-electron chi connectivity index (χ3n) is 3.09.